The quantitative estimate of drug-likeness (QED) is 0.540. The zero-order valence-corrected chi connectivity index (χ0v) is 20.0. The molecule has 7 nitrogen and oxygen atoms in total. The van der Waals surface area contributed by atoms with Crippen molar-refractivity contribution >= 4 is 33.4 Å². The van der Waals surface area contributed by atoms with Gasteiger partial charge in [0.25, 0.3) is 5.91 Å². The van der Waals surface area contributed by atoms with Crippen LogP contribution in [0.15, 0.2) is 65.1 Å². The first-order chi connectivity index (χ1) is 16.0. The monoisotopic (exact) mass is 510 g/mol. The summed E-state index contributed by atoms with van der Waals surface area (Å²) in [5.41, 5.74) is 2.67. The normalized spacial score (nSPS) is 15.2. The van der Waals surface area contributed by atoms with Crippen molar-refractivity contribution in [2.45, 2.75) is 6.04 Å². The van der Waals surface area contributed by atoms with Crippen LogP contribution in [0, 0.1) is 0 Å². The number of benzene rings is 3. The van der Waals surface area contributed by atoms with Crippen molar-refractivity contribution in [2.24, 2.45) is 0 Å². The highest BCUT2D eigenvalue weighted by atomic mass is 79.9. The van der Waals surface area contributed by atoms with Gasteiger partial charge in [0.1, 0.15) is 6.54 Å². The number of carbonyl (C=O) groups excluding carboxylic acids is 2. The molecule has 170 valence electrons. The summed E-state index contributed by atoms with van der Waals surface area (Å²) >= 11 is 3.52. The third-order valence-electron chi connectivity index (χ3n) is 5.50. The van der Waals surface area contributed by atoms with Gasteiger partial charge in [-0.25, -0.2) is 0 Å². The Bertz CT molecular complexity index is 1170. The van der Waals surface area contributed by atoms with Crippen molar-refractivity contribution in [1.29, 1.82) is 0 Å². The molecule has 33 heavy (non-hydrogen) atoms. The van der Waals surface area contributed by atoms with Crippen LogP contribution in [0.3, 0.4) is 0 Å². The van der Waals surface area contributed by atoms with Gasteiger partial charge in [0.2, 0.25) is 11.7 Å². The molecule has 0 unspecified atom stereocenters. The summed E-state index contributed by atoms with van der Waals surface area (Å²) in [5.74, 6) is 0.487. The number of amides is 2. The molecule has 8 heteroatoms. The zero-order valence-electron chi connectivity index (χ0n) is 18.4. The fourth-order valence-corrected chi connectivity index (χ4v) is 4.41. The summed E-state index contributed by atoms with van der Waals surface area (Å²) in [4.78, 5) is 28.3. The molecule has 1 aliphatic heterocycles. The number of carbonyl (C=O) groups is 2. The number of anilines is 1. The molecule has 0 fully saturated rings. The van der Waals surface area contributed by atoms with E-state index in [0.717, 1.165) is 15.6 Å². The van der Waals surface area contributed by atoms with E-state index in [2.05, 4.69) is 21.2 Å². The number of hydrogen-bond donors (Lipinski definition) is 1. The topological polar surface area (TPSA) is 77.1 Å². The zero-order chi connectivity index (χ0) is 23.5. The maximum Gasteiger partial charge on any atom is 0.255 e. The summed E-state index contributed by atoms with van der Waals surface area (Å²) in [5, 5.41) is 2.93. The Balaban J connectivity index is 1.89. The molecule has 4 rings (SSSR count). The highest BCUT2D eigenvalue weighted by Gasteiger charge is 2.34. The van der Waals surface area contributed by atoms with Gasteiger partial charge in [0, 0.05) is 21.3 Å². The number of rotatable bonds is 5. The van der Waals surface area contributed by atoms with Crippen molar-refractivity contribution in [2.75, 3.05) is 33.2 Å². The predicted octanol–water partition coefficient (Wildman–Crippen LogP) is 4.66. The molecule has 2 amide bonds. The first kappa shape index (κ1) is 22.7. The van der Waals surface area contributed by atoms with Crippen LogP contribution >= 0.6 is 15.9 Å². The van der Waals surface area contributed by atoms with Crippen molar-refractivity contribution in [3.8, 4) is 17.2 Å². The molecule has 1 atom stereocenters. The summed E-state index contributed by atoms with van der Waals surface area (Å²) in [6.07, 6.45) is 0. The maximum atomic E-state index is 13.9. The van der Waals surface area contributed by atoms with Gasteiger partial charge >= 0.3 is 0 Å². The smallest absolute Gasteiger partial charge is 0.255 e. The molecule has 0 aromatic heterocycles. The predicted molar refractivity (Wildman–Crippen MR) is 128 cm³/mol. The molecule has 3 aromatic rings. The van der Waals surface area contributed by atoms with Crippen LogP contribution in [-0.4, -0.2) is 44.6 Å². The largest absolute Gasteiger partial charge is 0.493 e. The van der Waals surface area contributed by atoms with Crippen molar-refractivity contribution in [1.82, 2.24) is 4.90 Å². The lowest BCUT2D eigenvalue weighted by molar-refractivity contribution is -0.117. The van der Waals surface area contributed by atoms with E-state index in [-0.39, 0.29) is 18.4 Å². The summed E-state index contributed by atoms with van der Waals surface area (Å²) in [6.45, 7) is -0.124. The van der Waals surface area contributed by atoms with Gasteiger partial charge in [-0.3, -0.25) is 9.59 Å². The van der Waals surface area contributed by atoms with Gasteiger partial charge < -0.3 is 24.4 Å². The molecule has 0 saturated heterocycles. The molecule has 3 aromatic carbocycles. The van der Waals surface area contributed by atoms with Gasteiger partial charge in [-0.1, -0.05) is 46.3 Å². The van der Waals surface area contributed by atoms with Gasteiger partial charge in [0.15, 0.2) is 11.5 Å². The third-order valence-corrected chi connectivity index (χ3v) is 5.99. The number of fused-ring (bicyclic) bond motifs is 1. The molecule has 1 aliphatic rings. The number of hydrogen-bond acceptors (Lipinski definition) is 5. The van der Waals surface area contributed by atoms with Gasteiger partial charge in [-0.05, 0) is 35.9 Å². The highest BCUT2D eigenvalue weighted by Crippen LogP contribution is 2.41. The van der Waals surface area contributed by atoms with Gasteiger partial charge in [0.05, 0.1) is 27.4 Å². The van der Waals surface area contributed by atoms with E-state index < -0.39 is 6.04 Å². The van der Waals surface area contributed by atoms with E-state index in [4.69, 9.17) is 14.2 Å². The number of ether oxygens (including phenoxy) is 3. The molecular formula is C25H23BrN2O5. The average molecular weight is 511 g/mol. The SMILES string of the molecule is COc1cc(C(=O)N2CC(=O)Nc3ccc(Br)cc3[C@H]2c2ccccc2)cc(OC)c1OC. The minimum absolute atomic E-state index is 0.124. The Morgan fingerprint density at radius 2 is 1.64 bits per heavy atom. The van der Waals surface area contributed by atoms with Crippen LogP contribution in [0.1, 0.15) is 27.5 Å². The third kappa shape index (κ3) is 4.39. The Labute approximate surface area is 200 Å². The Kier molecular flexibility index (Phi) is 6.55. The molecule has 1 N–H and O–H groups in total. The van der Waals surface area contributed by atoms with Crippen molar-refractivity contribution in [3.63, 3.8) is 0 Å². The van der Waals surface area contributed by atoms with Crippen LogP contribution in [0.2, 0.25) is 0 Å². The lowest BCUT2D eigenvalue weighted by atomic mass is 9.95. The summed E-state index contributed by atoms with van der Waals surface area (Å²) in [6, 6.07) is 17.9. The second-order valence-electron chi connectivity index (χ2n) is 7.44. The number of methoxy groups -OCH3 is 3. The van der Waals surface area contributed by atoms with Gasteiger partial charge in [-0.15, -0.1) is 0 Å². The molecule has 0 bridgehead atoms. The van der Waals surface area contributed by atoms with E-state index in [1.807, 2.05) is 48.5 Å². The first-order valence-electron chi connectivity index (χ1n) is 10.2. The maximum absolute atomic E-state index is 13.9. The molecule has 0 aliphatic carbocycles. The van der Waals surface area contributed by atoms with E-state index in [1.54, 1.807) is 17.0 Å². The molecule has 0 radical (unpaired) electrons. The van der Waals surface area contributed by atoms with Crippen LogP contribution < -0.4 is 19.5 Å². The highest BCUT2D eigenvalue weighted by molar-refractivity contribution is 9.10. The van der Waals surface area contributed by atoms with Crippen LogP contribution in [0.4, 0.5) is 5.69 Å². The summed E-state index contributed by atoms with van der Waals surface area (Å²) in [7, 11) is 4.48. The van der Waals surface area contributed by atoms with Crippen LogP contribution in [-0.2, 0) is 4.79 Å². The minimum Gasteiger partial charge on any atom is -0.493 e. The van der Waals surface area contributed by atoms with E-state index in [9.17, 15) is 9.59 Å². The molecule has 0 spiro atoms. The van der Waals surface area contributed by atoms with E-state index in [0.29, 0.717) is 28.5 Å². The Morgan fingerprint density at radius 1 is 0.970 bits per heavy atom. The number of nitrogens with one attached hydrogen (secondary N) is 1. The van der Waals surface area contributed by atoms with Crippen LogP contribution in [0.5, 0.6) is 17.2 Å². The van der Waals surface area contributed by atoms with E-state index in [1.165, 1.54) is 21.3 Å². The molecule has 0 saturated carbocycles. The average Bonchev–Trinajstić information content (AvgIpc) is 2.98. The van der Waals surface area contributed by atoms with E-state index >= 15 is 0 Å². The van der Waals surface area contributed by atoms with Crippen molar-refractivity contribution < 1.29 is 23.8 Å². The fourth-order valence-electron chi connectivity index (χ4n) is 4.03. The second-order valence-corrected chi connectivity index (χ2v) is 8.36. The number of halogens is 1. The minimum atomic E-state index is -0.496. The molecule has 1 heterocycles. The summed E-state index contributed by atoms with van der Waals surface area (Å²) < 4.78 is 17.1. The lowest BCUT2D eigenvalue weighted by Crippen LogP contribution is -2.39. The fraction of sp³-hybridized carbons (Fsp3) is 0.200. The van der Waals surface area contributed by atoms with Gasteiger partial charge in [-0.2, -0.15) is 0 Å². The number of nitrogens with zero attached hydrogens (tertiary/aromatic N) is 1. The molecular weight excluding hydrogens is 488 g/mol. The second kappa shape index (κ2) is 9.54. The lowest BCUT2D eigenvalue weighted by Gasteiger charge is -2.31. The van der Waals surface area contributed by atoms with Crippen molar-refractivity contribution in [3.05, 3.63) is 81.8 Å². The Morgan fingerprint density at radius 3 is 2.24 bits per heavy atom. The first-order valence-corrected chi connectivity index (χ1v) is 11.0. The van der Waals surface area contributed by atoms with Crippen LogP contribution in [0.25, 0.3) is 0 Å². The Hall–Kier alpha value is -3.52. The standard InChI is InChI=1S/C25H23BrN2O5/c1-31-20-11-16(12-21(32-2)24(20)33-3)25(30)28-14-22(29)27-19-10-9-17(26)13-18(19)23(28)15-7-5-4-6-8-15/h4-13,23H,14H2,1-3H3,(H,27,29)/t23-/m1/s1.